The summed E-state index contributed by atoms with van der Waals surface area (Å²) in [6.07, 6.45) is 4.65. The summed E-state index contributed by atoms with van der Waals surface area (Å²) in [7, 11) is 1.42. The molecule has 1 saturated heterocycles. The second-order valence-electron chi connectivity index (χ2n) is 9.25. The third-order valence-corrected chi connectivity index (χ3v) is 6.77. The lowest BCUT2D eigenvalue weighted by Crippen LogP contribution is -2.48. The van der Waals surface area contributed by atoms with Crippen LogP contribution in [0.3, 0.4) is 0 Å². The van der Waals surface area contributed by atoms with Crippen LogP contribution in [0.5, 0.6) is 5.75 Å². The minimum Gasteiger partial charge on any atom is -0.486 e. The van der Waals surface area contributed by atoms with Crippen molar-refractivity contribution in [1.82, 2.24) is 24.5 Å². The fourth-order valence-electron chi connectivity index (χ4n) is 4.87. The van der Waals surface area contributed by atoms with Crippen LogP contribution in [0.15, 0.2) is 42.7 Å². The number of nitrogens with one attached hydrogen (secondary N) is 1. The molecule has 1 N–H and O–H groups in total. The molecule has 38 heavy (non-hydrogen) atoms. The molecule has 1 atom stereocenters. The number of imide groups is 1. The number of amides is 3. The Bertz CT molecular complexity index is 1380. The van der Waals surface area contributed by atoms with Crippen LogP contribution < -0.4 is 10.1 Å². The van der Waals surface area contributed by atoms with E-state index >= 15 is 0 Å². The summed E-state index contributed by atoms with van der Waals surface area (Å²) in [6.45, 7) is 4.21. The van der Waals surface area contributed by atoms with E-state index in [0.717, 1.165) is 49.0 Å². The molecule has 11 nitrogen and oxygen atoms in total. The van der Waals surface area contributed by atoms with Gasteiger partial charge in [0.15, 0.2) is 0 Å². The molecule has 0 saturated carbocycles. The van der Waals surface area contributed by atoms with Gasteiger partial charge >= 0.3 is 0 Å². The van der Waals surface area contributed by atoms with Gasteiger partial charge in [0.1, 0.15) is 30.3 Å². The molecule has 4 heterocycles. The Kier molecular flexibility index (Phi) is 7.47. The summed E-state index contributed by atoms with van der Waals surface area (Å²) >= 11 is 0. The van der Waals surface area contributed by atoms with E-state index < -0.39 is 23.8 Å². The molecular weight excluding hydrogens is 490 g/mol. The number of likely N-dealkylation sites (N-methyl/N-ethyl adjacent to an activating group) is 1. The molecule has 1 aromatic carbocycles. The van der Waals surface area contributed by atoms with E-state index in [1.807, 2.05) is 22.9 Å². The third kappa shape index (κ3) is 5.02. The van der Waals surface area contributed by atoms with Crippen LogP contribution in [0.4, 0.5) is 0 Å². The van der Waals surface area contributed by atoms with E-state index in [1.54, 1.807) is 12.1 Å². The topological polar surface area (TPSA) is 123 Å². The number of rotatable bonds is 10. The largest absolute Gasteiger partial charge is 0.486 e. The summed E-state index contributed by atoms with van der Waals surface area (Å²) in [5, 5.41) is 2.47. The molecule has 5 rings (SSSR count). The molecule has 1 fully saturated rings. The molecule has 0 bridgehead atoms. The van der Waals surface area contributed by atoms with Crippen molar-refractivity contribution in [2.75, 3.05) is 33.4 Å². The van der Waals surface area contributed by atoms with E-state index in [2.05, 4.69) is 21.3 Å². The van der Waals surface area contributed by atoms with Crippen molar-refractivity contribution in [3.63, 3.8) is 0 Å². The normalized spacial score (nSPS) is 16.5. The highest BCUT2D eigenvalue weighted by atomic mass is 16.5. The number of fused-ring (bicyclic) bond motifs is 2. The van der Waals surface area contributed by atoms with Crippen molar-refractivity contribution < 1.29 is 28.7 Å². The van der Waals surface area contributed by atoms with Crippen molar-refractivity contribution in [3.05, 3.63) is 65.1 Å². The zero-order valence-electron chi connectivity index (χ0n) is 21.1. The first-order chi connectivity index (χ1) is 18.5. The summed E-state index contributed by atoms with van der Waals surface area (Å²) in [5.74, 6) is -1.49. The van der Waals surface area contributed by atoms with E-state index in [9.17, 15) is 19.2 Å². The number of carbonyl (C=O) groups is 4. The molecule has 2 aliphatic rings. The van der Waals surface area contributed by atoms with Crippen LogP contribution in [0.1, 0.15) is 44.8 Å². The van der Waals surface area contributed by atoms with Crippen molar-refractivity contribution in [2.24, 2.45) is 0 Å². The van der Waals surface area contributed by atoms with Gasteiger partial charge in [-0.25, -0.2) is 4.98 Å². The zero-order chi connectivity index (χ0) is 26.6. The number of morpholine rings is 1. The highest BCUT2D eigenvalue weighted by Gasteiger charge is 2.44. The molecule has 0 spiro atoms. The molecule has 2 aliphatic heterocycles. The zero-order valence-corrected chi connectivity index (χ0v) is 21.1. The second-order valence-corrected chi connectivity index (χ2v) is 9.25. The molecule has 0 radical (unpaired) electrons. The van der Waals surface area contributed by atoms with Crippen molar-refractivity contribution >= 4 is 29.7 Å². The van der Waals surface area contributed by atoms with E-state index in [4.69, 9.17) is 9.47 Å². The summed E-state index contributed by atoms with van der Waals surface area (Å²) in [6, 6.07) is 7.70. The van der Waals surface area contributed by atoms with Crippen LogP contribution in [0.2, 0.25) is 0 Å². The summed E-state index contributed by atoms with van der Waals surface area (Å²) in [4.78, 5) is 57.7. The van der Waals surface area contributed by atoms with Crippen molar-refractivity contribution in [3.8, 4) is 5.75 Å². The Balaban J connectivity index is 1.32. The first kappa shape index (κ1) is 25.6. The standard InChI is InChI=1S/C27H29N5O6/c1-28-25(34)21(5-3-11-33)32-26(35)20-4-2-6-22(24(20)27(32)36)38-17-19-16-31-15-18(7-8-23(31)29-19)14-30-9-12-37-13-10-30/h2,4,6-8,11,15-16,21H,3,5,9-10,12-14,17H2,1H3,(H,28,34). The first-order valence-electron chi connectivity index (χ1n) is 12.6. The number of imidazole rings is 1. The maximum Gasteiger partial charge on any atom is 0.266 e. The highest BCUT2D eigenvalue weighted by molar-refractivity contribution is 6.24. The maximum atomic E-state index is 13.3. The van der Waals surface area contributed by atoms with Gasteiger partial charge in [-0.1, -0.05) is 12.1 Å². The lowest BCUT2D eigenvalue weighted by atomic mass is 10.1. The predicted molar refractivity (Wildman–Crippen MR) is 136 cm³/mol. The number of nitrogens with zero attached hydrogens (tertiary/aromatic N) is 4. The molecule has 1 unspecified atom stereocenters. The number of aldehydes is 1. The SMILES string of the molecule is CNC(=O)C(CCC=O)N1C(=O)c2cccc(OCc3cn4cc(CN5CCOCC5)ccc4n3)c2C1=O. The van der Waals surface area contributed by atoms with Gasteiger partial charge in [0.25, 0.3) is 11.8 Å². The number of hydrogen-bond donors (Lipinski definition) is 1. The molecule has 11 heteroatoms. The first-order valence-corrected chi connectivity index (χ1v) is 12.6. The van der Waals surface area contributed by atoms with Crippen LogP contribution in [0.25, 0.3) is 5.65 Å². The fraction of sp³-hybridized carbons (Fsp3) is 0.370. The average Bonchev–Trinajstić information content (AvgIpc) is 3.46. The maximum absolute atomic E-state index is 13.3. The van der Waals surface area contributed by atoms with E-state index in [1.165, 1.54) is 13.1 Å². The summed E-state index contributed by atoms with van der Waals surface area (Å²) < 4.78 is 13.3. The van der Waals surface area contributed by atoms with Crippen molar-refractivity contribution in [1.29, 1.82) is 0 Å². The van der Waals surface area contributed by atoms with Crippen molar-refractivity contribution in [2.45, 2.75) is 32.0 Å². The number of carbonyl (C=O) groups excluding carboxylic acids is 4. The summed E-state index contributed by atoms with van der Waals surface area (Å²) in [5.41, 5.74) is 2.86. The van der Waals surface area contributed by atoms with Gasteiger partial charge in [-0.2, -0.15) is 0 Å². The van der Waals surface area contributed by atoms with Crippen LogP contribution >= 0.6 is 0 Å². The Hall–Kier alpha value is -4.09. The average molecular weight is 520 g/mol. The molecular formula is C27H29N5O6. The van der Waals surface area contributed by atoms with Gasteiger partial charge in [-0.15, -0.1) is 0 Å². The molecule has 3 aromatic rings. The quantitative estimate of drug-likeness (QED) is 0.315. The van der Waals surface area contributed by atoms with Gasteiger partial charge in [-0.05, 0) is 30.2 Å². The van der Waals surface area contributed by atoms with Crippen LogP contribution in [-0.2, 0) is 27.5 Å². The Morgan fingerprint density at radius 3 is 2.74 bits per heavy atom. The highest BCUT2D eigenvalue weighted by Crippen LogP contribution is 2.33. The minimum absolute atomic E-state index is 0.0386. The predicted octanol–water partition coefficient (Wildman–Crippen LogP) is 1.44. The Morgan fingerprint density at radius 1 is 1.16 bits per heavy atom. The van der Waals surface area contributed by atoms with Gasteiger partial charge in [0, 0.05) is 45.5 Å². The van der Waals surface area contributed by atoms with Crippen LogP contribution in [-0.4, -0.2) is 82.6 Å². The number of aromatic nitrogens is 2. The number of pyridine rings is 1. The van der Waals surface area contributed by atoms with Gasteiger partial charge in [0.2, 0.25) is 5.91 Å². The Labute approximate surface area is 219 Å². The fourth-order valence-corrected chi connectivity index (χ4v) is 4.87. The molecule has 3 amide bonds. The lowest BCUT2D eigenvalue weighted by molar-refractivity contribution is -0.124. The van der Waals surface area contributed by atoms with Gasteiger partial charge in [0.05, 0.1) is 30.0 Å². The van der Waals surface area contributed by atoms with E-state index in [0.29, 0.717) is 12.0 Å². The number of benzene rings is 1. The third-order valence-electron chi connectivity index (χ3n) is 6.77. The minimum atomic E-state index is -1.09. The lowest BCUT2D eigenvalue weighted by Gasteiger charge is -2.26. The molecule has 0 aliphatic carbocycles. The number of hydrogen-bond acceptors (Lipinski definition) is 8. The molecule has 2 aromatic heterocycles. The molecule has 198 valence electrons. The Morgan fingerprint density at radius 2 is 1.97 bits per heavy atom. The number of ether oxygens (including phenoxy) is 2. The second kappa shape index (κ2) is 11.1. The smallest absolute Gasteiger partial charge is 0.266 e. The van der Waals surface area contributed by atoms with Gasteiger partial charge in [-0.3, -0.25) is 24.2 Å². The van der Waals surface area contributed by atoms with Crippen LogP contribution in [0, 0.1) is 0 Å². The van der Waals surface area contributed by atoms with E-state index in [-0.39, 0.29) is 36.3 Å². The van der Waals surface area contributed by atoms with Gasteiger partial charge < -0.3 is 24.0 Å². The monoisotopic (exact) mass is 519 g/mol.